The highest BCUT2D eigenvalue weighted by atomic mass is 32.2. The van der Waals surface area contributed by atoms with Crippen LogP contribution in [0, 0.1) is 17.0 Å². The van der Waals surface area contributed by atoms with E-state index in [9.17, 15) is 18.5 Å². The van der Waals surface area contributed by atoms with Gasteiger partial charge >= 0.3 is 0 Å². The summed E-state index contributed by atoms with van der Waals surface area (Å²) in [5.74, 6) is 0. The van der Waals surface area contributed by atoms with Crippen LogP contribution in [-0.4, -0.2) is 36.9 Å². The first-order valence-electron chi connectivity index (χ1n) is 9.38. The van der Waals surface area contributed by atoms with Crippen molar-refractivity contribution < 1.29 is 23.1 Å². The van der Waals surface area contributed by atoms with Crippen LogP contribution in [0.5, 0.6) is 0 Å². The van der Waals surface area contributed by atoms with E-state index < -0.39 is 15.1 Å². The van der Waals surface area contributed by atoms with Gasteiger partial charge < -0.3 is 9.57 Å². The van der Waals surface area contributed by atoms with E-state index in [4.69, 9.17) is 9.88 Å². The molecule has 2 aromatic carbocycles. The predicted molar refractivity (Wildman–Crippen MR) is 113 cm³/mol. The summed E-state index contributed by atoms with van der Waals surface area (Å²) in [6, 6.07) is 14.1. The second-order valence-corrected chi connectivity index (χ2v) is 8.39. The molecule has 0 saturated heterocycles. The van der Waals surface area contributed by atoms with E-state index >= 15 is 0 Å². The zero-order valence-electron chi connectivity index (χ0n) is 16.8. The van der Waals surface area contributed by atoms with E-state index in [2.05, 4.69) is 15.0 Å². The predicted octanol–water partition coefficient (Wildman–Crippen LogP) is 2.81. The third-order valence-electron chi connectivity index (χ3n) is 4.51. The quantitative estimate of drug-likeness (QED) is 0.276. The van der Waals surface area contributed by atoms with Gasteiger partial charge in [-0.2, -0.15) is 5.10 Å². The van der Waals surface area contributed by atoms with Crippen LogP contribution < -0.4 is 5.14 Å². The maximum atomic E-state index is 11.6. The smallest absolute Gasteiger partial charge is 0.294 e. The second kappa shape index (κ2) is 9.69. The molecule has 0 saturated carbocycles. The van der Waals surface area contributed by atoms with Crippen molar-refractivity contribution in [3.8, 4) is 22.4 Å². The SMILES string of the molecule is Cc1ccc(-c2n[nH]c(COCCCO[N+](=O)[O-])c2-c2ccc(S(N)(=O)=O)cc2)cc1. The molecule has 0 spiro atoms. The number of nitrogens with zero attached hydrogens (tertiary/aromatic N) is 2. The summed E-state index contributed by atoms with van der Waals surface area (Å²) in [7, 11) is -3.80. The van der Waals surface area contributed by atoms with E-state index in [0.29, 0.717) is 17.8 Å². The van der Waals surface area contributed by atoms with Crippen molar-refractivity contribution in [2.45, 2.75) is 24.8 Å². The maximum absolute atomic E-state index is 11.6. The molecule has 0 bridgehead atoms. The van der Waals surface area contributed by atoms with Gasteiger partial charge in [0.1, 0.15) is 5.69 Å². The molecule has 11 heteroatoms. The summed E-state index contributed by atoms with van der Waals surface area (Å²) < 4.78 is 28.8. The van der Waals surface area contributed by atoms with Gasteiger partial charge in [-0.3, -0.25) is 5.10 Å². The third kappa shape index (κ3) is 5.87. The van der Waals surface area contributed by atoms with Gasteiger partial charge in [0.05, 0.1) is 23.8 Å². The second-order valence-electron chi connectivity index (χ2n) is 6.82. The lowest BCUT2D eigenvalue weighted by Gasteiger charge is -2.09. The molecule has 0 aliphatic heterocycles. The fourth-order valence-corrected chi connectivity index (χ4v) is 3.51. The molecule has 0 amide bonds. The Morgan fingerprint density at radius 2 is 1.71 bits per heavy atom. The van der Waals surface area contributed by atoms with Crippen molar-refractivity contribution in [2.24, 2.45) is 5.14 Å². The Morgan fingerprint density at radius 1 is 1.06 bits per heavy atom. The van der Waals surface area contributed by atoms with Gasteiger partial charge in [-0.25, -0.2) is 13.6 Å². The molecule has 0 aliphatic carbocycles. The molecule has 164 valence electrons. The molecule has 0 atom stereocenters. The Hall–Kier alpha value is -3.28. The number of primary sulfonamides is 1. The molecule has 10 nitrogen and oxygen atoms in total. The number of nitrogens with two attached hydrogens (primary N) is 1. The number of H-pyrrole nitrogens is 1. The molecule has 0 unspecified atom stereocenters. The van der Waals surface area contributed by atoms with Crippen molar-refractivity contribution in [3.63, 3.8) is 0 Å². The summed E-state index contributed by atoms with van der Waals surface area (Å²) in [6.45, 7) is 2.38. The minimum absolute atomic E-state index is 0.0141. The van der Waals surface area contributed by atoms with Crippen LogP contribution >= 0.6 is 0 Å². The van der Waals surface area contributed by atoms with Crippen LogP contribution in [-0.2, 0) is 26.2 Å². The summed E-state index contributed by atoms with van der Waals surface area (Å²) in [5, 5.41) is 22.0. The summed E-state index contributed by atoms with van der Waals surface area (Å²) in [4.78, 5) is 14.5. The fourth-order valence-electron chi connectivity index (χ4n) is 3.00. The monoisotopic (exact) mass is 446 g/mol. The largest absolute Gasteiger partial charge is 0.375 e. The van der Waals surface area contributed by atoms with Crippen molar-refractivity contribution >= 4 is 10.0 Å². The van der Waals surface area contributed by atoms with Crippen LogP contribution in [0.15, 0.2) is 53.4 Å². The number of rotatable bonds is 10. The molecule has 3 aromatic rings. The van der Waals surface area contributed by atoms with E-state index in [1.165, 1.54) is 12.1 Å². The lowest BCUT2D eigenvalue weighted by atomic mass is 9.98. The van der Waals surface area contributed by atoms with E-state index in [1.54, 1.807) is 12.1 Å². The first kappa shape index (κ1) is 22.4. The zero-order valence-corrected chi connectivity index (χ0v) is 17.6. The number of hydrogen-bond acceptors (Lipinski definition) is 7. The topological polar surface area (TPSA) is 150 Å². The van der Waals surface area contributed by atoms with Gasteiger partial charge in [-0.05, 0) is 31.0 Å². The maximum Gasteiger partial charge on any atom is 0.294 e. The molecule has 1 aromatic heterocycles. The zero-order chi connectivity index (χ0) is 22.4. The Kier molecular flexibility index (Phi) is 7.00. The first-order chi connectivity index (χ1) is 14.8. The molecular weight excluding hydrogens is 424 g/mol. The molecule has 0 fully saturated rings. The molecule has 3 rings (SSSR count). The van der Waals surface area contributed by atoms with Gasteiger partial charge in [0.2, 0.25) is 10.0 Å². The molecular formula is C20H22N4O6S. The summed E-state index contributed by atoms with van der Waals surface area (Å²) in [5.41, 5.74) is 4.89. The van der Waals surface area contributed by atoms with Gasteiger partial charge in [-0.15, -0.1) is 10.1 Å². The Balaban J connectivity index is 1.87. The van der Waals surface area contributed by atoms with Crippen LogP contribution in [0.2, 0.25) is 0 Å². The highest BCUT2D eigenvalue weighted by Crippen LogP contribution is 2.34. The van der Waals surface area contributed by atoms with Gasteiger partial charge in [0.15, 0.2) is 0 Å². The van der Waals surface area contributed by atoms with Crippen LogP contribution in [0.4, 0.5) is 0 Å². The number of hydrogen-bond donors (Lipinski definition) is 2. The molecule has 31 heavy (non-hydrogen) atoms. The van der Waals surface area contributed by atoms with Crippen LogP contribution in [0.3, 0.4) is 0 Å². The highest BCUT2D eigenvalue weighted by Gasteiger charge is 2.18. The number of aromatic amines is 1. The Labute approximate surface area is 179 Å². The fraction of sp³-hybridized carbons (Fsp3) is 0.250. The normalized spacial score (nSPS) is 11.4. The van der Waals surface area contributed by atoms with Crippen molar-refractivity contribution in [1.29, 1.82) is 0 Å². The third-order valence-corrected chi connectivity index (χ3v) is 5.44. The minimum Gasteiger partial charge on any atom is -0.375 e. The Bertz CT molecular complexity index is 1140. The lowest BCUT2D eigenvalue weighted by molar-refractivity contribution is -0.757. The summed E-state index contributed by atoms with van der Waals surface area (Å²) in [6.07, 6.45) is 0.359. The van der Waals surface area contributed by atoms with Crippen LogP contribution in [0.25, 0.3) is 22.4 Å². The van der Waals surface area contributed by atoms with Crippen molar-refractivity contribution in [3.05, 3.63) is 69.9 Å². The summed E-state index contributed by atoms with van der Waals surface area (Å²) >= 11 is 0. The average Bonchev–Trinajstić information content (AvgIpc) is 3.14. The number of nitrogens with one attached hydrogen (secondary N) is 1. The molecule has 1 heterocycles. The first-order valence-corrected chi connectivity index (χ1v) is 10.9. The van der Waals surface area contributed by atoms with Crippen molar-refractivity contribution in [1.82, 2.24) is 10.2 Å². The van der Waals surface area contributed by atoms with Gasteiger partial charge in [0, 0.05) is 17.7 Å². The molecule has 3 N–H and O–H groups in total. The van der Waals surface area contributed by atoms with E-state index in [1.807, 2.05) is 31.2 Å². The number of aromatic nitrogens is 2. The number of sulfonamides is 1. The van der Waals surface area contributed by atoms with Crippen molar-refractivity contribution in [2.75, 3.05) is 13.2 Å². The highest BCUT2D eigenvalue weighted by molar-refractivity contribution is 7.89. The number of ether oxygens (including phenoxy) is 1. The van der Waals surface area contributed by atoms with Gasteiger partial charge in [-0.1, -0.05) is 42.0 Å². The lowest BCUT2D eigenvalue weighted by Crippen LogP contribution is -2.11. The van der Waals surface area contributed by atoms with E-state index in [-0.39, 0.29) is 24.7 Å². The Morgan fingerprint density at radius 3 is 2.32 bits per heavy atom. The number of benzene rings is 2. The van der Waals surface area contributed by atoms with Crippen LogP contribution in [0.1, 0.15) is 17.7 Å². The standard InChI is InChI=1S/C20H22N4O6S/c1-14-3-5-16(6-4-14)20-19(15-7-9-17(10-8-15)31(21,27)28)18(22-23-20)13-29-11-2-12-30-24(25)26/h3-10H,2,11-13H2,1H3,(H,22,23)(H2,21,27,28). The molecule has 0 radical (unpaired) electrons. The van der Waals surface area contributed by atoms with E-state index in [0.717, 1.165) is 22.3 Å². The average molecular weight is 446 g/mol. The molecule has 0 aliphatic rings. The minimum atomic E-state index is -3.80. The van der Waals surface area contributed by atoms with Gasteiger partial charge in [0.25, 0.3) is 5.09 Å². The number of aryl methyl sites for hydroxylation is 1.